The maximum atomic E-state index is 5.43. The van der Waals surface area contributed by atoms with Crippen LogP contribution in [0, 0.1) is 13.8 Å². The van der Waals surface area contributed by atoms with Crippen molar-refractivity contribution in [2.75, 3.05) is 19.8 Å². The van der Waals surface area contributed by atoms with Crippen LogP contribution in [0.3, 0.4) is 0 Å². The zero-order valence-corrected chi connectivity index (χ0v) is 11.0. The topological polar surface area (TPSA) is 21.3 Å². The van der Waals surface area contributed by atoms with Crippen LogP contribution in [0.15, 0.2) is 30.9 Å². The summed E-state index contributed by atoms with van der Waals surface area (Å²) in [7, 11) is 0. The summed E-state index contributed by atoms with van der Waals surface area (Å²) in [5.74, 6) is 0. The van der Waals surface area contributed by atoms with Crippen molar-refractivity contribution in [3.63, 3.8) is 0 Å². The average molecular weight is 233 g/mol. The van der Waals surface area contributed by atoms with Gasteiger partial charge >= 0.3 is 0 Å². The van der Waals surface area contributed by atoms with Crippen LogP contribution >= 0.6 is 0 Å². The Hall–Kier alpha value is -1.12. The normalized spacial score (nSPS) is 10.5. The Morgan fingerprint density at radius 3 is 2.88 bits per heavy atom. The number of benzene rings is 1. The van der Waals surface area contributed by atoms with Crippen molar-refractivity contribution < 1.29 is 4.74 Å². The minimum Gasteiger partial charge on any atom is -0.380 e. The van der Waals surface area contributed by atoms with E-state index < -0.39 is 0 Å². The molecular weight excluding hydrogens is 210 g/mol. The van der Waals surface area contributed by atoms with Crippen LogP contribution in [0.4, 0.5) is 0 Å². The van der Waals surface area contributed by atoms with Crippen molar-refractivity contribution in [3.05, 3.63) is 47.5 Å². The van der Waals surface area contributed by atoms with Gasteiger partial charge in [-0.05, 0) is 31.4 Å². The highest BCUT2D eigenvalue weighted by atomic mass is 16.5. The first-order valence-corrected chi connectivity index (χ1v) is 6.19. The first-order valence-electron chi connectivity index (χ1n) is 6.19. The Labute approximate surface area is 105 Å². The van der Waals surface area contributed by atoms with Crippen molar-refractivity contribution in [1.29, 1.82) is 0 Å². The molecule has 0 fully saturated rings. The van der Waals surface area contributed by atoms with Gasteiger partial charge in [-0.2, -0.15) is 0 Å². The van der Waals surface area contributed by atoms with Gasteiger partial charge < -0.3 is 10.1 Å². The molecule has 0 amide bonds. The average Bonchev–Trinajstić information content (AvgIpc) is 2.32. The molecule has 0 bridgehead atoms. The van der Waals surface area contributed by atoms with Gasteiger partial charge in [0.25, 0.3) is 0 Å². The number of nitrogens with one attached hydrogen (secondary N) is 1. The summed E-state index contributed by atoms with van der Waals surface area (Å²) < 4.78 is 5.43. The lowest BCUT2D eigenvalue weighted by atomic mass is 10.1. The molecule has 1 N–H and O–H groups in total. The highest BCUT2D eigenvalue weighted by Gasteiger charge is 1.97. The van der Waals surface area contributed by atoms with Crippen molar-refractivity contribution in [3.8, 4) is 0 Å². The zero-order chi connectivity index (χ0) is 12.5. The molecule has 1 aromatic rings. The van der Waals surface area contributed by atoms with Crippen LogP contribution in [-0.2, 0) is 11.3 Å². The van der Waals surface area contributed by atoms with Gasteiger partial charge in [-0.3, -0.25) is 0 Å². The van der Waals surface area contributed by atoms with Crippen LogP contribution in [-0.4, -0.2) is 19.8 Å². The number of ether oxygens (including phenoxy) is 1. The third-order valence-corrected chi connectivity index (χ3v) is 2.71. The van der Waals surface area contributed by atoms with E-state index in [2.05, 4.69) is 43.9 Å². The molecule has 1 rings (SSSR count). The first-order chi connectivity index (χ1) is 8.24. The Kier molecular flexibility index (Phi) is 6.60. The van der Waals surface area contributed by atoms with E-state index >= 15 is 0 Å². The summed E-state index contributed by atoms with van der Waals surface area (Å²) in [5.41, 5.74) is 4.03. The number of rotatable bonds is 8. The molecule has 2 nitrogen and oxygen atoms in total. The van der Waals surface area contributed by atoms with Gasteiger partial charge in [0.1, 0.15) is 0 Å². The summed E-state index contributed by atoms with van der Waals surface area (Å²) in [5, 5.41) is 3.40. The number of hydrogen-bond donors (Lipinski definition) is 1. The van der Waals surface area contributed by atoms with Crippen molar-refractivity contribution >= 4 is 0 Å². The molecule has 94 valence electrons. The molecule has 0 spiro atoms. The van der Waals surface area contributed by atoms with Crippen LogP contribution in [0.5, 0.6) is 0 Å². The molecule has 0 aliphatic heterocycles. The standard InChI is InChI=1S/C15H23NO/c1-4-5-9-17-10-8-16-12-15-11-13(2)6-7-14(15)3/h4,6-7,11,16H,1,5,8-10,12H2,2-3H3. The van der Waals surface area contributed by atoms with Crippen LogP contribution < -0.4 is 5.32 Å². The predicted molar refractivity (Wildman–Crippen MR) is 73.3 cm³/mol. The fraction of sp³-hybridized carbons (Fsp3) is 0.467. The summed E-state index contributed by atoms with van der Waals surface area (Å²) in [4.78, 5) is 0. The van der Waals surface area contributed by atoms with Gasteiger partial charge in [-0.25, -0.2) is 0 Å². The van der Waals surface area contributed by atoms with E-state index in [9.17, 15) is 0 Å². The highest BCUT2D eigenvalue weighted by Crippen LogP contribution is 2.09. The van der Waals surface area contributed by atoms with Crippen molar-refractivity contribution in [2.45, 2.75) is 26.8 Å². The lowest BCUT2D eigenvalue weighted by Crippen LogP contribution is -2.20. The second-order valence-electron chi connectivity index (χ2n) is 4.30. The summed E-state index contributed by atoms with van der Waals surface area (Å²) in [6.07, 6.45) is 2.81. The molecule has 0 radical (unpaired) electrons. The van der Waals surface area contributed by atoms with Crippen LogP contribution in [0.25, 0.3) is 0 Å². The van der Waals surface area contributed by atoms with Crippen molar-refractivity contribution in [1.82, 2.24) is 5.32 Å². The lowest BCUT2D eigenvalue weighted by Gasteiger charge is -2.09. The summed E-state index contributed by atoms with van der Waals surface area (Å²) >= 11 is 0. The van der Waals surface area contributed by atoms with E-state index in [1.54, 1.807) is 0 Å². The van der Waals surface area contributed by atoms with Crippen LogP contribution in [0.2, 0.25) is 0 Å². The highest BCUT2D eigenvalue weighted by molar-refractivity contribution is 5.30. The SMILES string of the molecule is C=CCCOCCNCc1cc(C)ccc1C. The third kappa shape index (κ3) is 5.66. The van der Waals surface area contributed by atoms with E-state index in [4.69, 9.17) is 4.74 Å². The molecule has 0 atom stereocenters. The molecule has 1 aromatic carbocycles. The maximum absolute atomic E-state index is 5.43. The number of aryl methyl sites for hydroxylation is 2. The van der Waals surface area contributed by atoms with Gasteiger partial charge in [-0.15, -0.1) is 6.58 Å². The maximum Gasteiger partial charge on any atom is 0.0591 e. The molecule has 17 heavy (non-hydrogen) atoms. The molecule has 0 aliphatic rings. The van der Waals surface area contributed by atoms with E-state index in [-0.39, 0.29) is 0 Å². The Balaban J connectivity index is 2.17. The monoisotopic (exact) mass is 233 g/mol. The van der Waals surface area contributed by atoms with Gasteiger partial charge in [-0.1, -0.05) is 29.8 Å². The van der Waals surface area contributed by atoms with E-state index in [0.29, 0.717) is 0 Å². The molecule has 0 aliphatic carbocycles. The smallest absolute Gasteiger partial charge is 0.0591 e. The molecule has 0 aromatic heterocycles. The van der Waals surface area contributed by atoms with Gasteiger partial charge in [0.05, 0.1) is 13.2 Å². The van der Waals surface area contributed by atoms with E-state index in [0.717, 1.165) is 32.7 Å². The minimum absolute atomic E-state index is 0.763. The van der Waals surface area contributed by atoms with Gasteiger partial charge in [0, 0.05) is 13.1 Å². The summed E-state index contributed by atoms with van der Waals surface area (Å²) in [6.45, 7) is 11.3. The second kappa shape index (κ2) is 8.04. The summed E-state index contributed by atoms with van der Waals surface area (Å²) in [6, 6.07) is 6.56. The molecular formula is C15H23NO. The quantitative estimate of drug-likeness (QED) is 0.550. The lowest BCUT2D eigenvalue weighted by molar-refractivity contribution is 0.140. The Bertz CT molecular complexity index is 347. The van der Waals surface area contributed by atoms with Gasteiger partial charge in [0.15, 0.2) is 0 Å². The number of hydrogen-bond acceptors (Lipinski definition) is 2. The molecule has 0 unspecified atom stereocenters. The molecule has 0 heterocycles. The predicted octanol–water partition coefficient (Wildman–Crippen LogP) is 2.99. The Morgan fingerprint density at radius 1 is 1.29 bits per heavy atom. The van der Waals surface area contributed by atoms with Gasteiger partial charge in [0.2, 0.25) is 0 Å². The molecule has 0 saturated heterocycles. The first kappa shape index (κ1) is 13.9. The van der Waals surface area contributed by atoms with E-state index in [1.807, 2.05) is 6.08 Å². The van der Waals surface area contributed by atoms with Crippen molar-refractivity contribution in [2.24, 2.45) is 0 Å². The second-order valence-corrected chi connectivity index (χ2v) is 4.30. The zero-order valence-electron chi connectivity index (χ0n) is 11.0. The molecule has 2 heteroatoms. The Morgan fingerprint density at radius 2 is 2.12 bits per heavy atom. The van der Waals surface area contributed by atoms with E-state index in [1.165, 1.54) is 16.7 Å². The third-order valence-electron chi connectivity index (χ3n) is 2.71. The van der Waals surface area contributed by atoms with Crippen LogP contribution in [0.1, 0.15) is 23.1 Å². The molecule has 0 saturated carbocycles. The fourth-order valence-electron chi connectivity index (χ4n) is 1.63. The fourth-order valence-corrected chi connectivity index (χ4v) is 1.63. The minimum atomic E-state index is 0.763. The largest absolute Gasteiger partial charge is 0.380 e.